The van der Waals surface area contributed by atoms with Crippen LogP contribution in [0.2, 0.25) is 0 Å². The van der Waals surface area contributed by atoms with E-state index in [-0.39, 0.29) is 17.8 Å². The Morgan fingerprint density at radius 2 is 2.25 bits per heavy atom. The normalized spacial score (nSPS) is 18.4. The molecule has 1 amide bonds. The number of nitrogens with zero attached hydrogens (tertiary/aromatic N) is 2. The molecule has 0 spiro atoms. The first-order chi connectivity index (χ1) is 9.56. The minimum Gasteiger partial charge on any atom is -0.469 e. The van der Waals surface area contributed by atoms with E-state index in [2.05, 4.69) is 22.9 Å². The van der Waals surface area contributed by atoms with Crippen molar-refractivity contribution in [3.05, 3.63) is 22.4 Å². The van der Waals surface area contributed by atoms with Crippen molar-refractivity contribution < 1.29 is 14.3 Å². The highest BCUT2D eigenvalue weighted by atomic mass is 79.9. The summed E-state index contributed by atoms with van der Waals surface area (Å²) < 4.78 is 7.60. The number of rotatable bonds is 4. The third kappa shape index (κ3) is 3.06. The summed E-state index contributed by atoms with van der Waals surface area (Å²) in [6, 6.07) is 1.84. The van der Waals surface area contributed by atoms with Crippen LogP contribution in [0.1, 0.15) is 30.3 Å². The number of esters is 1. The van der Waals surface area contributed by atoms with Crippen LogP contribution < -0.4 is 0 Å². The van der Waals surface area contributed by atoms with E-state index in [9.17, 15) is 9.59 Å². The molecule has 110 valence electrons. The average Bonchev–Trinajstić information content (AvgIpc) is 3.04. The van der Waals surface area contributed by atoms with Crippen molar-refractivity contribution in [1.29, 1.82) is 0 Å². The molecule has 0 saturated carbocycles. The highest BCUT2D eigenvalue weighted by Gasteiger charge is 2.33. The summed E-state index contributed by atoms with van der Waals surface area (Å²) in [5.74, 6) is -0.442. The van der Waals surface area contributed by atoms with Gasteiger partial charge in [0.1, 0.15) is 5.69 Å². The lowest BCUT2D eigenvalue weighted by atomic mass is 10.1. The predicted molar refractivity (Wildman–Crippen MR) is 78.4 cm³/mol. The van der Waals surface area contributed by atoms with Gasteiger partial charge >= 0.3 is 5.97 Å². The molecule has 1 aromatic heterocycles. The van der Waals surface area contributed by atoms with Gasteiger partial charge in [0.05, 0.1) is 13.0 Å². The van der Waals surface area contributed by atoms with E-state index in [4.69, 9.17) is 4.74 Å². The zero-order valence-corrected chi connectivity index (χ0v) is 13.4. The second-order valence-corrected chi connectivity index (χ2v) is 5.91. The molecule has 2 heterocycles. The van der Waals surface area contributed by atoms with Gasteiger partial charge in [-0.2, -0.15) is 0 Å². The molecule has 0 aliphatic carbocycles. The molecule has 0 N–H and O–H groups in total. The van der Waals surface area contributed by atoms with E-state index in [1.807, 2.05) is 16.8 Å². The molecule has 6 heteroatoms. The molecular weight excluding hydrogens is 324 g/mol. The van der Waals surface area contributed by atoms with E-state index in [0.717, 1.165) is 17.4 Å². The first-order valence-corrected chi connectivity index (χ1v) is 7.59. The van der Waals surface area contributed by atoms with Crippen molar-refractivity contribution in [3.63, 3.8) is 0 Å². The highest BCUT2D eigenvalue weighted by Crippen LogP contribution is 2.22. The molecule has 1 aromatic rings. The Bertz CT molecular complexity index is 513. The number of halogens is 1. The van der Waals surface area contributed by atoms with E-state index < -0.39 is 0 Å². The number of carbonyl (C=O) groups is 2. The zero-order chi connectivity index (χ0) is 14.7. The lowest BCUT2D eigenvalue weighted by Crippen LogP contribution is -2.31. The largest absolute Gasteiger partial charge is 0.469 e. The fourth-order valence-electron chi connectivity index (χ4n) is 2.55. The van der Waals surface area contributed by atoms with Crippen molar-refractivity contribution in [1.82, 2.24) is 9.47 Å². The van der Waals surface area contributed by atoms with Gasteiger partial charge in [-0.3, -0.25) is 9.59 Å². The standard InChI is InChI=1S/C14H19BrN2O3/c1-3-5-16-9-11(15)7-12(16)13(18)17-6-4-10(8-17)14(19)20-2/h7,9-10H,3-6,8H2,1-2H3. The first kappa shape index (κ1) is 15.1. The number of aryl methyl sites for hydroxylation is 1. The maximum atomic E-state index is 12.5. The number of amides is 1. The van der Waals surface area contributed by atoms with Gasteiger partial charge in [-0.05, 0) is 34.8 Å². The van der Waals surface area contributed by atoms with Crippen LogP contribution in [0, 0.1) is 5.92 Å². The molecule has 2 rings (SSSR count). The molecule has 1 fully saturated rings. The van der Waals surface area contributed by atoms with Crippen LogP contribution in [0.15, 0.2) is 16.7 Å². The van der Waals surface area contributed by atoms with Crippen LogP contribution in [0.3, 0.4) is 0 Å². The molecule has 0 bridgehead atoms. The van der Waals surface area contributed by atoms with Crippen molar-refractivity contribution in [2.75, 3.05) is 20.2 Å². The number of likely N-dealkylation sites (tertiary alicyclic amines) is 1. The zero-order valence-electron chi connectivity index (χ0n) is 11.8. The third-order valence-corrected chi connectivity index (χ3v) is 3.99. The fourth-order valence-corrected chi connectivity index (χ4v) is 3.01. The van der Waals surface area contributed by atoms with Gasteiger partial charge in [-0.25, -0.2) is 0 Å². The quantitative estimate of drug-likeness (QED) is 0.789. The lowest BCUT2D eigenvalue weighted by Gasteiger charge is -2.17. The summed E-state index contributed by atoms with van der Waals surface area (Å²) in [5.41, 5.74) is 0.671. The molecule has 0 radical (unpaired) electrons. The molecule has 0 aromatic carbocycles. The summed E-state index contributed by atoms with van der Waals surface area (Å²) in [6.45, 7) is 3.93. The Morgan fingerprint density at radius 3 is 2.90 bits per heavy atom. The number of aromatic nitrogens is 1. The van der Waals surface area contributed by atoms with Crippen molar-refractivity contribution in [2.45, 2.75) is 26.3 Å². The van der Waals surface area contributed by atoms with Crippen molar-refractivity contribution in [3.8, 4) is 0 Å². The van der Waals surface area contributed by atoms with Gasteiger partial charge in [0.2, 0.25) is 0 Å². The van der Waals surface area contributed by atoms with Crippen LogP contribution in [-0.2, 0) is 16.1 Å². The Hall–Kier alpha value is -1.30. The molecule has 1 saturated heterocycles. The Labute approximate surface area is 127 Å². The molecule has 1 unspecified atom stereocenters. The Kier molecular flexibility index (Phi) is 4.86. The topological polar surface area (TPSA) is 51.5 Å². The molecule has 1 aliphatic rings. The summed E-state index contributed by atoms with van der Waals surface area (Å²) in [6.07, 6.45) is 3.56. The maximum absolute atomic E-state index is 12.5. The van der Waals surface area contributed by atoms with E-state index >= 15 is 0 Å². The minimum absolute atomic E-state index is 0.0180. The van der Waals surface area contributed by atoms with E-state index in [0.29, 0.717) is 25.2 Å². The maximum Gasteiger partial charge on any atom is 0.310 e. The van der Waals surface area contributed by atoms with Crippen LogP contribution in [0.5, 0.6) is 0 Å². The van der Waals surface area contributed by atoms with Gasteiger partial charge in [-0.15, -0.1) is 0 Å². The van der Waals surface area contributed by atoms with Crippen molar-refractivity contribution in [2.24, 2.45) is 5.92 Å². The smallest absolute Gasteiger partial charge is 0.310 e. The second kappa shape index (κ2) is 6.43. The van der Waals surface area contributed by atoms with Crippen molar-refractivity contribution >= 4 is 27.8 Å². The number of methoxy groups -OCH3 is 1. The van der Waals surface area contributed by atoms with Crippen LogP contribution in [-0.4, -0.2) is 41.5 Å². The summed E-state index contributed by atoms with van der Waals surface area (Å²) in [5, 5.41) is 0. The molecule has 5 nitrogen and oxygen atoms in total. The van der Waals surface area contributed by atoms with Gasteiger partial charge in [0, 0.05) is 30.3 Å². The summed E-state index contributed by atoms with van der Waals surface area (Å²) in [4.78, 5) is 25.8. The Balaban J connectivity index is 2.11. The SMILES string of the molecule is CCCn1cc(Br)cc1C(=O)N1CCC(C(=O)OC)C1. The van der Waals surface area contributed by atoms with Gasteiger partial charge < -0.3 is 14.2 Å². The number of hydrogen-bond acceptors (Lipinski definition) is 3. The number of ether oxygens (including phenoxy) is 1. The lowest BCUT2D eigenvalue weighted by molar-refractivity contribution is -0.144. The van der Waals surface area contributed by atoms with Gasteiger partial charge in [-0.1, -0.05) is 6.92 Å². The Morgan fingerprint density at radius 1 is 1.50 bits per heavy atom. The second-order valence-electron chi connectivity index (χ2n) is 5.00. The van der Waals surface area contributed by atoms with Crippen LogP contribution >= 0.6 is 15.9 Å². The van der Waals surface area contributed by atoms with E-state index in [1.165, 1.54) is 7.11 Å². The first-order valence-electron chi connectivity index (χ1n) is 6.79. The molecule has 1 atom stereocenters. The van der Waals surface area contributed by atoms with Gasteiger partial charge in [0.15, 0.2) is 0 Å². The third-order valence-electron chi connectivity index (χ3n) is 3.56. The number of carbonyl (C=O) groups excluding carboxylic acids is 2. The molecule has 20 heavy (non-hydrogen) atoms. The molecular formula is C14H19BrN2O3. The minimum atomic E-state index is -0.231. The predicted octanol–water partition coefficient (Wildman–Crippen LogP) is 2.30. The highest BCUT2D eigenvalue weighted by molar-refractivity contribution is 9.10. The van der Waals surface area contributed by atoms with E-state index in [1.54, 1.807) is 4.90 Å². The average molecular weight is 343 g/mol. The van der Waals surface area contributed by atoms with Gasteiger partial charge in [0.25, 0.3) is 5.91 Å². The van der Waals surface area contributed by atoms with Crippen LogP contribution in [0.4, 0.5) is 0 Å². The summed E-state index contributed by atoms with van der Waals surface area (Å²) >= 11 is 3.41. The fraction of sp³-hybridized carbons (Fsp3) is 0.571. The monoisotopic (exact) mass is 342 g/mol. The van der Waals surface area contributed by atoms with Crippen LogP contribution in [0.25, 0.3) is 0 Å². The molecule has 1 aliphatic heterocycles. The summed E-state index contributed by atoms with van der Waals surface area (Å²) in [7, 11) is 1.39. The number of hydrogen-bond donors (Lipinski definition) is 0.